The second-order valence-corrected chi connectivity index (χ2v) is 5.65. The lowest BCUT2D eigenvalue weighted by Gasteiger charge is -2.08. The molecule has 1 aromatic heterocycles. The fraction of sp³-hybridized carbons (Fsp3) is 0.182. The molecular weight excluding hydrogens is 282 g/mol. The van der Waals surface area contributed by atoms with Crippen molar-refractivity contribution in [3.63, 3.8) is 0 Å². The van der Waals surface area contributed by atoms with Crippen LogP contribution in [0.4, 0.5) is 11.6 Å². The predicted octanol–water partition coefficient (Wildman–Crippen LogP) is 0.274. The third-order valence-electron chi connectivity index (χ3n) is 2.23. The normalized spacial score (nSPS) is 11.0. The molecule has 8 nitrogen and oxygen atoms in total. The Balaban J connectivity index is 1.85. The summed E-state index contributed by atoms with van der Waals surface area (Å²) in [5.41, 5.74) is 6.14. The molecular formula is C11H13N5O3S. The van der Waals surface area contributed by atoms with Crippen molar-refractivity contribution in [3.8, 4) is 5.75 Å². The highest BCUT2D eigenvalue weighted by Crippen LogP contribution is 2.13. The minimum Gasteiger partial charge on any atom is -0.492 e. The first-order valence-electron chi connectivity index (χ1n) is 5.68. The number of nitrogens with zero attached hydrogens (tertiary/aromatic N) is 3. The van der Waals surface area contributed by atoms with Gasteiger partial charge in [0, 0.05) is 5.69 Å². The van der Waals surface area contributed by atoms with Gasteiger partial charge < -0.3 is 10.5 Å². The molecule has 0 aliphatic heterocycles. The van der Waals surface area contributed by atoms with Crippen LogP contribution in [-0.4, -0.2) is 36.0 Å². The van der Waals surface area contributed by atoms with Crippen LogP contribution in [0.15, 0.2) is 36.7 Å². The molecule has 0 saturated heterocycles. The van der Waals surface area contributed by atoms with Crippen LogP contribution in [0, 0.1) is 0 Å². The van der Waals surface area contributed by atoms with E-state index >= 15 is 0 Å². The van der Waals surface area contributed by atoms with Gasteiger partial charge in [-0.2, -0.15) is 5.10 Å². The van der Waals surface area contributed by atoms with Gasteiger partial charge in [0.15, 0.2) is 0 Å². The largest absolute Gasteiger partial charge is 0.492 e. The number of hydrogen-bond acceptors (Lipinski definition) is 7. The van der Waals surface area contributed by atoms with Gasteiger partial charge in [0.1, 0.15) is 18.1 Å². The summed E-state index contributed by atoms with van der Waals surface area (Å²) in [6.07, 6.45) is 2.69. The zero-order valence-corrected chi connectivity index (χ0v) is 11.2. The summed E-state index contributed by atoms with van der Waals surface area (Å²) in [5, 5.41) is 7.06. The molecule has 3 N–H and O–H groups in total. The predicted molar refractivity (Wildman–Crippen MR) is 73.6 cm³/mol. The van der Waals surface area contributed by atoms with Crippen molar-refractivity contribution in [1.29, 1.82) is 0 Å². The Morgan fingerprint density at radius 2 is 1.95 bits per heavy atom. The Morgan fingerprint density at radius 3 is 2.60 bits per heavy atom. The Bertz CT molecular complexity index is 646. The Labute approximate surface area is 116 Å². The van der Waals surface area contributed by atoms with Gasteiger partial charge in [-0.25, -0.2) is 18.1 Å². The molecule has 0 amide bonds. The molecule has 0 atom stereocenters. The lowest BCUT2D eigenvalue weighted by molar-refractivity contribution is 0.341. The van der Waals surface area contributed by atoms with E-state index in [1.807, 2.05) is 0 Å². The number of rotatable bonds is 6. The molecule has 1 aromatic carbocycles. The van der Waals surface area contributed by atoms with Crippen LogP contribution in [0.3, 0.4) is 0 Å². The summed E-state index contributed by atoms with van der Waals surface area (Å²) in [6.45, 7) is -0.000483. The van der Waals surface area contributed by atoms with E-state index < -0.39 is 10.0 Å². The molecule has 20 heavy (non-hydrogen) atoms. The smallest absolute Gasteiger partial charge is 0.256 e. The van der Waals surface area contributed by atoms with Crippen LogP contribution in [-0.2, 0) is 10.0 Å². The first-order valence-corrected chi connectivity index (χ1v) is 7.33. The summed E-state index contributed by atoms with van der Waals surface area (Å²) < 4.78 is 31.0. The third kappa shape index (κ3) is 4.35. The van der Waals surface area contributed by atoms with Crippen molar-refractivity contribution in [2.45, 2.75) is 0 Å². The van der Waals surface area contributed by atoms with Gasteiger partial charge in [-0.05, 0) is 24.3 Å². The topological polar surface area (TPSA) is 120 Å². The number of anilines is 2. The summed E-state index contributed by atoms with van der Waals surface area (Å²) >= 11 is 0. The molecule has 0 spiro atoms. The van der Waals surface area contributed by atoms with E-state index in [-0.39, 0.29) is 18.3 Å². The minimum absolute atomic E-state index is 0.000483. The molecule has 0 unspecified atom stereocenters. The average Bonchev–Trinajstić information content (AvgIpc) is 2.41. The molecule has 1 heterocycles. The molecule has 0 bridgehead atoms. The highest BCUT2D eigenvalue weighted by atomic mass is 32.2. The van der Waals surface area contributed by atoms with E-state index in [1.54, 1.807) is 24.3 Å². The molecule has 2 rings (SSSR count). The second kappa shape index (κ2) is 6.15. The van der Waals surface area contributed by atoms with Gasteiger partial charge in [-0.3, -0.25) is 0 Å². The molecule has 0 saturated carbocycles. The lowest BCUT2D eigenvalue weighted by atomic mass is 10.3. The number of hydrogen-bond donors (Lipinski definition) is 2. The van der Waals surface area contributed by atoms with Crippen LogP contribution in [0.1, 0.15) is 0 Å². The number of aromatic nitrogens is 3. The van der Waals surface area contributed by atoms with E-state index in [1.165, 1.54) is 12.4 Å². The monoisotopic (exact) mass is 295 g/mol. The highest BCUT2D eigenvalue weighted by molar-refractivity contribution is 7.92. The zero-order chi connectivity index (χ0) is 14.4. The van der Waals surface area contributed by atoms with Crippen molar-refractivity contribution >= 4 is 21.7 Å². The first-order chi connectivity index (χ1) is 9.55. The Morgan fingerprint density at radius 1 is 1.20 bits per heavy atom. The lowest BCUT2D eigenvalue weighted by Crippen LogP contribution is -2.22. The van der Waals surface area contributed by atoms with Gasteiger partial charge >= 0.3 is 0 Å². The van der Waals surface area contributed by atoms with Gasteiger partial charge in [-0.15, -0.1) is 5.10 Å². The van der Waals surface area contributed by atoms with E-state index in [4.69, 9.17) is 10.5 Å². The molecule has 0 fully saturated rings. The highest BCUT2D eigenvalue weighted by Gasteiger charge is 2.12. The minimum atomic E-state index is -3.58. The van der Waals surface area contributed by atoms with Crippen molar-refractivity contribution in [2.24, 2.45) is 0 Å². The van der Waals surface area contributed by atoms with Crippen molar-refractivity contribution in [3.05, 3.63) is 36.7 Å². The van der Waals surface area contributed by atoms with E-state index in [0.29, 0.717) is 11.4 Å². The number of nitrogen functional groups attached to an aromatic ring is 1. The number of benzene rings is 1. The summed E-state index contributed by atoms with van der Waals surface area (Å²) in [6, 6.07) is 6.68. The van der Waals surface area contributed by atoms with E-state index in [2.05, 4.69) is 19.9 Å². The molecule has 2 aromatic rings. The van der Waals surface area contributed by atoms with Gasteiger partial charge in [0.05, 0.1) is 12.4 Å². The van der Waals surface area contributed by atoms with Crippen LogP contribution in [0.25, 0.3) is 0 Å². The summed E-state index contributed by atoms with van der Waals surface area (Å²) in [4.78, 5) is 3.72. The maximum absolute atomic E-state index is 11.7. The number of nitrogens with one attached hydrogen (secondary N) is 1. The molecule has 0 aliphatic rings. The van der Waals surface area contributed by atoms with Crippen LogP contribution in [0.2, 0.25) is 0 Å². The third-order valence-corrected chi connectivity index (χ3v) is 3.43. The maximum atomic E-state index is 11.7. The number of nitrogens with two attached hydrogens (primary N) is 1. The first kappa shape index (κ1) is 14.0. The van der Waals surface area contributed by atoms with Crippen LogP contribution < -0.4 is 15.2 Å². The molecule has 0 radical (unpaired) electrons. The zero-order valence-electron chi connectivity index (χ0n) is 10.4. The SMILES string of the molecule is Nc1ccc(OCCS(=O)(=O)Nc2nccnn2)cc1. The van der Waals surface area contributed by atoms with Gasteiger partial charge in [0.2, 0.25) is 10.0 Å². The Kier molecular flexibility index (Phi) is 4.31. The molecule has 0 aliphatic carbocycles. The van der Waals surface area contributed by atoms with Crippen molar-refractivity contribution in [1.82, 2.24) is 15.2 Å². The number of ether oxygens (including phenoxy) is 1. The van der Waals surface area contributed by atoms with Crippen LogP contribution in [0.5, 0.6) is 5.75 Å². The van der Waals surface area contributed by atoms with Crippen molar-refractivity contribution < 1.29 is 13.2 Å². The molecule has 9 heteroatoms. The van der Waals surface area contributed by atoms with E-state index in [0.717, 1.165) is 0 Å². The molecule has 106 valence electrons. The standard InChI is InChI=1S/C11H13N5O3S/c12-9-1-3-10(4-2-9)19-7-8-20(17,18)16-11-13-5-6-14-15-11/h1-6H,7-8,12H2,(H,13,15,16). The van der Waals surface area contributed by atoms with E-state index in [9.17, 15) is 8.42 Å². The summed E-state index contributed by atoms with van der Waals surface area (Å²) in [5.74, 6) is 0.252. The average molecular weight is 295 g/mol. The summed E-state index contributed by atoms with van der Waals surface area (Å²) in [7, 11) is -3.58. The fourth-order valence-electron chi connectivity index (χ4n) is 1.32. The van der Waals surface area contributed by atoms with Gasteiger partial charge in [0.25, 0.3) is 5.95 Å². The quantitative estimate of drug-likeness (QED) is 0.734. The van der Waals surface area contributed by atoms with Gasteiger partial charge in [-0.1, -0.05) is 0 Å². The number of sulfonamides is 1. The maximum Gasteiger partial charge on any atom is 0.256 e. The fourth-order valence-corrected chi connectivity index (χ4v) is 2.09. The van der Waals surface area contributed by atoms with Crippen molar-refractivity contribution in [2.75, 3.05) is 22.8 Å². The van der Waals surface area contributed by atoms with Crippen LogP contribution >= 0.6 is 0 Å². The Hall–Kier alpha value is -2.42. The second-order valence-electron chi connectivity index (χ2n) is 3.80.